The SMILES string of the molecule is CCC(c1ccnn1C)N1Cc2ncccc2C1=O. The lowest BCUT2D eigenvalue weighted by Crippen LogP contribution is -2.30. The average Bonchev–Trinajstić information content (AvgIpc) is 2.98. The number of carbonyl (C=O) groups is 1. The van der Waals surface area contributed by atoms with E-state index in [0.717, 1.165) is 23.4 Å². The molecule has 3 heterocycles. The zero-order valence-corrected chi connectivity index (χ0v) is 11.1. The van der Waals surface area contributed by atoms with Gasteiger partial charge >= 0.3 is 0 Å². The molecule has 98 valence electrons. The van der Waals surface area contributed by atoms with Gasteiger partial charge in [-0.1, -0.05) is 6.92 Å². The molecule has 19 heavy (non-hydrogen) atoms. The van der Waals surface area contributed by atoms with Gasteiger partial charge in [0.1, 0.15) is 0 Å². The van der Waals surface area contributed by atoms with Gasteiger partial charge in [-0.25, -0.2) is 0 Å². The van der Waals surface area contributed by atoms with Crippen LogP contribution in [0.1, 0.15) is 41.1 Å². The van der Waals surface area contributed by atoms with Gasteiger partial charge in [0.15, 0.2) is 0 Å². The van der Waals surface area contributed by atoms with Crippen LogP contribution < -0.4 is 0 Å². The van der Waals surface area contributed by atoms with Crippen molar-refractivity contribution in [1.29, 1.82) is 0 Å². The smallest absolute Gasteiger partial charge is 0.256 e. The molecule has 1 aliphatic heterocycles. The second-order valence-electron chi connectivity index (χ2n) is 4.73. The summed E-state index contributed by atoms with van der Waals surface area (Å²) in [6, 6.07) is 5.68. The molecule has 2 aromatic rings. The number of rotatable bonds is 3. The molecule has 0 spiro atoms. The van der Waals surface area contributed by atoms with Crippen LogP contribution in [0.4, 0.5) is 0 Å². The molecule has 0 aliphatic carbocycles. The molecule has 0 bridgehead atoms. The van der Waals surface area contributed by atoms with Gasteiger partial charge < -0.3 is 4.90 Å². The molecule has 1 atom stereocenters. The number of nitrogens with zero attached hydrogens (tertiary/aromatic N) is 4. The summed E-state index contributed by atoms with van der Waals surface area (Å²) in [5, 5.41) is 4.19. The second-order valence-corrected chi connectivity index (χ2v) is 4.73. The lowest BCUT2D eigenvalue weighted by molar-refractivity contribution is 0.0687. The lowest BCUT2D eigenvalue weighted by atomic mass is 10.1. The summed E-state index contributed by atoms with van der Waals surface area (Å²) in [4.78, 5) is 18.6. The van der Waals surface area contributed by atoms with E-state index in [0.29, 0.717) is 6.54 Å². The Kier molecular flexibility index (Phi) is 2.81. The van der Waals surface area contributed by atoms with Crippen LogP contribution in [0.15, 0.2) is 30.6 Å². The van der Waals surface area contributed by atoms with Crippen LogP contribution in [0.2, 0.25) is 0 Å². The van der Waals surface area contributed by atoms with E-state index in [4.69, 9.17) is 0 Å². The minimum atomic E-state index is 0.0502. The van der Waals surface area contributed by atoms with Gasteiger partial charge in [0.25, 0.3) is 5.91 Å². The fraction of sp³-hybridized carbons (Fsp3) is 0.357. The fourth-order valence-electron chi connectivity index (χ4n) is 2.70. The molecule has 5 nitrogen and oxygen atoms in total. The number of hydrogen-bond donors (Lipinski definition) is 0. The largest absolute Gasteiger partial charge is 0.324 e. The van der Waals surface area contributed by atoms with Gasteiger partial charge in [-0.3, -0.25) is 14.5 Å². The zero-order chi connectivity index (χ0) is 13.4. The molecular formula is C14H16N4O. The van der Waals surface area contributed by atoms with Crippen molar-refractivity contribution >= 4 is 5.91 Å². The second kappa shape index (κ2) is 4.50. The van der Waals surface area contributed by atoms with Crippen molar-refractivity contribution in [3.8, 4) is 0 Å². The van der Waals surface area contributed by atoms with Gasteiger partial charge in [0, 0.05) is 19.4 Å². The number of aryl methyl sites for hydroxylation is 1. The Morgan fingerprint density at radius 2 is 2.21 bits per heavy atom. The maximum Gasteiger partial charge on any atom is 0.256 e. The number of amides is 1. The van der Waals surface area contributed by atoms with Crippen LogP contribution in [0.3, 0.4) is 0 Å². The van der Waals surface area contributed by atoms with Crippen molar-refractivity contribution in [2.75, 3.05) is 0 Å². The molecule has 1 amide bonds. The highest BCUT2D eigenvalue weighted by Crippen LogP contribution is 2.31. The lowest BCUT2D eigenvalue weighted by Gasteiger charge is -2.26. The third kappa shape index (κ3) is 1.82. The minimum Gasteiger partial charge on any atom is -0.324 e. The number of fused-ring (bicyclic) bond motifs is 1. The maximum atomic E-state index is 12.5. The highest BCUT2D eigenvalue weighted by molar-refractivity contribution is 5.97. The monoisotopic (exact) mass is 256 g/mol. The molecule has 0 radical (unpaired) electrons. The first-order chi connectivity index (χ1) is 9.22. The van der Waals surface area contributed by atoms with E-state index in [2.05, 4.69) is 17.0 Å². The molecule has 0 saturated heterocycles. The summed E-state index contributed by atoms with van der Waals surface area (Å²) < 4.78 is 1.83. The predicted octanol–water partition coefficient (Wildman–Crippen LogP) is 1.92. The van der Waals surface area contributed by atoms with Crippen molar-refractivity contribution in [2.45, 2.75) is 25.9 Å². The molecule has 0 saturated carbocycles. The van der Waals surface area contributed by atoms with Crippen molar-refractivity contribution in [3.63, 3.8) is 0 Å². The Balaban J connectivity index is 1.96. The van der Waals surface area contributed by atoms with E-state index in [1.165, 1.54) is 0 Å². The fourth-order valence-corrected chi connectivity index (χ4v) is 2.70. The first kappa shape index (κ1) is 11.9. The summed E-state index contributed by atoms with van der Waals surface area (Å²) in [6.07, 6.45) is 4.36. The number of hydrogen-bond acceptors (Lipinski definition) is 3. The molecular weight excluding hydrogens is 240 g/mol. The van der Waals surface area contributed by atoms with Crippen LogP contribution in [0, 0.1) is 0 Å². The predicted molar refractivity (Wildman–Crippen MR) is 70.4 cm³/mol. The molecule has 0 aromatic carbocycles. The summed E-state index contributed by atoms with van der Waals surface area (Å²) in [5.41, 5.74) is 2.65. The Bertz CT molecular complexity index is 619. The normalized spacial score (nSPS) is 15.7. The van der Waals surface area contributed by atoms with E-state index >= 15 is 0 Å². The molecule has 0 fully saturated rings. The van der Waals surface area contributed by atoms with E-state index in [1.54, 1.807) is 12.4 Å². The van der Waals surface area contributed by atoms with Gasteiger partial charge in [-0.2, -0.15) is 5.10 Å². The van der Waals surface area contributed by atoms with Crippen LogP contribution >= 0.6 is 0 Å². The van der Waals surface area contributed by atoms with Crippen LogP contribution in [0.5, 0.6) is 0 Å². The summed E-state index contributed by atoms with van der Waals surface area (Å²) in [5.74, 6) is 0.0659. The quantitative estimate of drug-likeness (QED) is 0.843. The summed E-state index contributed by atoms with van der Waals surface area (Å²) in [6.45, 7) is 2.67. The molecule has 0 N–H and O–H groups in total. The standard InChI is InChI=1S/C14H16N4O/c1-3-12(13-6-8-16-17(13)2)18-9-11-10(14(18)19)5-4-7-15-11/h4-8,12H,3,9H2,1-2H3. The van der Waals surface area contributed by atoms with E-state index in [9.17, 15) is 4.79 Å². The van der Waals surface area contributed by atoms with Crippen molar-refractivity contribution in [2.24, 2.45) is 7.05 Å². The average molecular weight is 256 g/mol. The van der Waals surface area contributed by atoms with Gasteiger partial charge in [0.05, 0.1) is 29.5 Å². The molecule has 5 heteroatoms. The Labute approximate surface area is 111 Å². The third-order valence-corrected chi connectivity index (χ3v) is 3.66. The Morgan fingerprint density at radius 1 is 1.37 bits per heavy atom. The Hall–Kier alpha value is -2.17. The number of carbonyl (C=O) groups excluding carboxylic acids is 1. The summed E-state index contributed by atoms with van der Waals surface area (Å²) in [7, 11) is 1.91. The molecule has 1 unspecified atom stereocenters. The Morgan fingerprint density at radius 3 is 2.84 bits per heavy atom. The first-order valence-corrected chi connectivity index (χ1v) is 6.45. The van der Waals surface area contributed by atoms with Crippen molar-refractivity contribution < 1.29 is 4.79 Å². The topological polar surface area (TPSA) is 51.0 Å². The molecule has 3 rings (SSSR count). The molecule has 1 aliphatic rings. The highest BCUT2D eigenvalue weighted by Gasteiger charge is 2.34. The molecule has 2 aromatic heterocycles. The van der Waals surface area contributed by atoms with Gasteiger partial charge in [-0.05, 0) is 24.6 Å². The third-order valence-electron chi connectivity index (χ3n) is 3.66. The van der Waals surface area contributed by atoms with Crippen molar-refractivity contribution in [1.82, 2.24) is 19.7 Å². The highest BCUT2D eigenvalue weighted by atomic mass is 16.2. The first-order valence-electron chi connectivity index (χ1n) is 6.45. The number of aromatic nitrogens is 3. The van der Waals surface area contributed by atoms with Crippen molar-refractivity contribution in [3.05, 3.63) is 47.5 Å². The van der Waals surface area contributed by atoms with E-state index in [1.807, 2.05) is 34.8 Å². The maximum absolute atomic E-state index is 12.5. The minimum absolute atomic E-state index is 0.0502. The van der Waals surface area contributed by atoms with Gasteiger partial charge in [-0.15, -0.1) is 0 Å². The van der Waals surface area contributed by atoms with Gasteiger partial charge in [0.2, 0.25) is 0 Å². The van der Waals surface area contributed by atoms with Crippen LogP contribution in [0.25, 0.3) is 0 Å². The van der Waals surface area contributed by atoms with E-state index in [-0.39, 0.29) is 11.9 Å². The van der Waals surface area contributed by atoms with Crippen LogP contribution in [-0.4, -0.2) is 25.6 Å². The van der Waals surface area contributed by atoms with Crippen LogP contribution in [-0.2, 0) is 13.6 Å². The van der Waals surface area contributed by atoms with E-state index < -0.39 is 0 Å². The summed E-state index contributed by atoms with van der Waals surface area (Å²) >= 11 is 0. The number of pyridine rings is 1. The zero-order valence-electron chi connectivity index (χ0n) is 11.1.